The van der Waals surface area contributed by atoms with Gasteiger partial charge in [0, 0.05) is 41.2 Å². The van der Waals surface area contributed by atoms with Crippen LogP contribution in [0.15, 0.2) is 45.9 Å². The Bertz CT molecular complexity index is 1090. The van der Waals surface area contributed by atoms with E-state index in [1.807, 2.05) is 0 Å². The van der Waals surface area contributed by atoms with Crippen LogP contribution in [0.1, 0.15) is 23.0 Å². The molecule has 0 radical (unpaired) electrons. The van der Waals surface area contributed by atoms with Crippen molar-refractivity contribution in [2.75, 3.05) is 17.7 Å². The van der Waals surface area contributed by atoms with Gasteiger partial charge in [-0.05, 0) is 19.1 Å². The number of nitrogen functional groups attached to an aromatic ring is 1. The van der Waals surface area contributed by atoms with E-state index in [1.165, 1.54) is 24.5 Å². The topological polar surface area (TPSA) is 147 Å². The number of hydrogen-bond acceptors (Lipinski definition) is 9. The molecular formula is C18H16N4O6. The van der Waals surface area contributed by atoms with Gasteiger partial charge in [0.1, 0.15) is 12.2 Å². The number of aromatic nitrogens is 2. The third kappa shape index (κ3) is 4.23. The van der Waals surface area contributed by atoms with E-state index in [0.717, 1.165) is 0 Å². The van der Waals surface area contributed by atoms with Gasteiger partial charge < -0.3 is 19.6 Å². The summed E-state index contributed by atoms with van der Waals surface area (Å²) in [7, 11) is 0. The number of benzene rings is 1. The summed E-state index contributed by atoms with van der Waals surface area (Å²) >= 11 is 0. The molecule has 0 unspecified atom stereocenters. The van der Waals surface area contributed by atoms with Gasteiger partial charge >= 0.3 is 17.7 Å². The zero-order chi connectivity index (χ0) is 20.1. The van der Waals surface area contributed by atoms with E-state index < -0.39 is 17.7 Å². The number of esters is 1. The second-order valence-electron chi connectivity index (χ2n) is 5.51. The highest BCUT2D eigenvalue weighted by Crippen LogP contribution is 2.22. The molecule has 3 N–H and O–H groups in total. The summed E-state index contributed by atoms with van der Waals surface area (Å²) in [6, 6.07) is 5.92. The van der Waals surface area contributed by atoms with E-state index in [0.29, 0.717) is 16.6 Å². The minimum absolute atomic E-state index is 0.0559. The molecule has 0 aliphatic rings. The van der Waals surface area contributed by atoms with Gasteiger partial charge in [0.15, 0.2) is 11.5 Å². The highest BCUT2D eigenvalue weighted by molar-refractivity contribution is 5.92. The number of nitrogens with two attached hydrogens (primary N) is 1. The van der Waals surface area contributed by atoms with Crippen LogP contribution < -0.4 is 16.7 Å². The summed E-state index contributed by atoms with van der Waals surface area (Å²) in [5, 5.41) is 3.05. The first-order chi connectivity index (χ1) is 13.5. The largest absolute Gasteiger partial charge is 0.456 e. The number of carbonyl (C=O) groups excluding carboxylic acids is 2. The highest BCUT2D eigenvalue weighted by atomic mass is 16.5. The van der Waals surface area contributed by atoms with Gasteiger partial charge in [0.25, 0.3) is 0 Å². The van der Waals surface area contributed by atoms with Crippen molar-refractivity contribution in [3.63, 3.8) is 0 Å². The molecule has 2 aromatic heterocycles. The van der Waals surface area contributed by atoms with Gasteiger partial charge in [0.05, 0.1) is 6.61 Å². The molecule has 2 heterocycles. The predicted octanol–water partition coefficient (Wildman–Crippen LogP) is 2.09. The SMILES string of the molecule is CCOC(=O)Nc1ccc2c(COC(=O)c3nccnc3N)cc(=O)oc2c1. The molecule has 0 bridgehead atoms. The van der Waals surface area contributed by atoms with Crippen molar-refractivity contribution < 1.29 is 23.5 Å². The Kier molecular flexibility index (Phi) is 5.49. The van der Waals surface area contributed by atoms with Gasteiger partial charge in [-0.2, -0.15) is 0 Å². The number of carbonyl (C=O) groups is 2. The molecular weight excluding hydrogens is 368 g/mol. The minimum atomic E-state index is -0.771. The normalized spacial score (nSPS) is 10.5. The Hall–Kier alpha value is -3.95. The third-order valence-electron chi connectivity index (χ3n) is 3.63. The van der Waals surface area contributed by atoms with Crippen molar-refractivity contribution in [3.8, 4) is 0 Å². The standard InChI is InChI=1S/C18H16N4O6/c1-2-26-18(25)22-11-3-4-12-10(7-14(23)28-13(12)8-11)9-27-17(24)15-16(19)21-6-5-20-15/h3-8H,2,9H2,1H3,(H2,19,21)(H,22,25). The lowest BCUT2D eigenvalue weighted by molar-refractivity contribution is 0.0467. The first-order valence-electron chi connectivity index (χ1n) is 8.22. The first kappa shape index (κ1) is 18.8. The molecule has 10 heteroatoms. The van der Waals surface area contributed by atoms with E-state index >= 15 is 0 Å². The quantitative estimate of drug-likeness (QED) is 0.498. The molecule has 0 saturated carbocycles. The Labute approximate surface area is 158 Å². The summed E-state index contributed by atoms with van der Waals surface area (Å²) in [6.07, 6.45) is 2.04. The zero-order valence-electron chi connectivity index (χ0n) is 14.8. The van der Waals surface area contributed by atoms with Gasteiger partial charge in [-0.25, -0.2) is 24.4 Å². The van der Waals surface area contributed by atoms with Crippen LogP contribution in [0.4, 0.5) is 16.3 Å². The molecule has 1 amide bonds. The molecule has 10 nitrogen and oxygen atoms in total. The van der Waals surface area contributed by atoms with Crippen LogP contribution in [-0.2, 0) is 16.1 Å². The molecule has 0 spiro atoms. The molecule has 3 rings (SSSR count). The number of rotatable bonds is 5. The molecule has 0 aliphatic heterocycles. The molecule has 144 valence electrons. The van der Waals surface area contributed by atoms with E-state index in [9.17, 15) is 14.4 Å². The smallest absolute Gasteiger partial charge is 0.411 e. The average molecular weight is 384 g/mol. The minimum Gasteiger partial charge on any atom is -0.456 e. The maximum atomic E-state index is 12.1. The molecule has 0 atom stereocenters. The number of ether oxygens (including phenoxy) is 2. The molecule has 28 heavy (non-hydrogen) atoms. The third-order valence-corrected chi connectivity index (χ3v) is 3.63. The Balaban J connectivity index is 1.83. The van der Waals surface area contributed by atoms with Crippen LogP contribution in [0.25, 0.3) is 11.0 Å². The van der Waals surface area contributed by atoms with Crippen LogP contribution >= 0.6 is 0 Å². The van der Waals surface area contributed by atoms with Crippen molar-refractivity contribution in [1.29, 1.82) is 0 Å². The van der Waals surface area contributed by atoms with Gasteiger partial charge in [-0.15, -0.1) is 0 Å². The van der Waals surface area contributed by atoms with Crippen molar-refractivity contribution in [3.05, 3.63) is 58.3 Å². The van der Waals surface area contributed by atoms with Crippen molar-refractivity contribution >= 4 is 34.5 Å². The second kappa shape index (κ2) is 8.16. The summed E-state index contributed by atoms with van der Waals surface area (Å²) < 4.78 is 15.2. The number of amides is 1. The lowest BCUT2D eigenvalue weighted by Crippen LogP contribution is -2.13. The predicted molar refractivity (Wildman–Crippen MR) is 98.7 cm³/mol. The second-order valence-corrected chi connectivity index (χ2v) is 5.51. The summed E-state index contributed by atoms with van der Waals surface area (Å²) in [4.78, 5) is 43.1. The number of hydrogen-bond donors (Lipinski definition) is 2. The number of fused-ring (bicyclic) bond motifs is 1. The van der Waals surface area contributed by atoms with Crippen LogP contribution in [-0.4, -0.2) is 28.6 Å². The van der Waals surface area contributed by atoms with Crippen LogP contribution in [0, 0.1) is 0 Å². The fourth-order valence-electron chi connectivity index (χ4n) is 2.43. The summed E-state index contributed by atoms with van der Waals surface area (Å²) in [6.45, 7) is 1.70. The van der Waals surface area contributed by atoms with E-state index in [4.69, 9.17) is 19.6 Å². The Morgan fingerprint density at radius 3 is 2.71 bits per heavy atom. The molecule has 0 aliphatic carbocycles. The maximum absolute atomic E-state index is 12.1. The first-order valence-corrected chi connectivity index (χ1v) is 8.22. The number of nitrogens with zero attached hydrogens (tertiary/aromatic N) is 2. The van der Waals surface area contributed by atoms with Crippen LogP contribution in [0.5, 0.6) is 0 Å². The monoisotopic (exact) mass is 384 g/mol. The van der Waals surface area contributed by atoms with Gasteiger partial charge in [-0.1, -0.05) is 0 Å². The average Bonchev–Trinajstić information content (AvgIpc) is 2.66. The number of anilines is 2. The molecule has 0 fully saturated rings. The van der Waals surface area contributed by atoms with Crippen molar-refractivity contribution in [1.82, 2.24) is 9.97 Å². The van der Waals surface area contributed by atoms with Gasteiger partial charge in [0.2, 0.25) is 0 Å². The lowest BCUT2D eigenvalue weighted by atomic mass is 10.1. The van der Waals surface area contributed by atoms with Crippen molar-refractivity contribution in [2.24, 2.45) is 0 Å². The van der Waals surface area contributed by atoms with Crippen LogP contribution in [0.3, 0.4) is 0 Å². The maximum Gasteiger partial charge on any atom is 0.411 e. The van der Waals surface area contributed by atoms with Gasteiger partial charge in [-0.3, -0.25) is 5.32 Å². The molecule has 1 aromatic carbocycles. The van der Waals surface area contributed by atoms with Crippen molar-refractivity contribution in [2.45, 2.75) is 13.5 Å². The fourth-order valence-corrected chi connectivity index (χ4v) is 2.43. The van der Waals surface area contributed by atoms with E-state index in [-0.39, 0.29) is 30.3 Å². The Morgan fingerprint density at radius 2 is 1.96 bits per heavy atom. The fraction of sp³-hybridized carbons (Fsp3) is 0.167. The highest BCUT2D eigenvalue weighted by Gasteiger charge is 2.15. The molecule has 0 saturated heterocycles. The Morgan fingerprint density at radius 1 is 1.18 bits per heavy atom. The zero-order valence-corrected chi connectivity index (χ0v) is 14.8. The molecule has 3 aromatic rings. The lowest BCUT2D eigenvalue weighted by Gasteiger charge is -2.09. The summed E-state index contributed by atoms with van der Waals surface area (Å²) in [5.74, 6) is -0.827. The number of nitrogens with one attached hydrogen (secondary N) is 1. The van der Waals surface area contributed by atoms with Crippen LogP contribution in [0.2, 0.25) is 0 Å². The van der Waals surface area contributed by atoms with E-state index in [1.54, 1.807) is 19.1 Å². The van der Waals surface area contributed by atoms with E-state index in [2.05, 4.69) is 15.3 Å². The summed E-state index contributed by atoms with van der Waals surface area (Å²) in [5.41, 5.74) is 5.87.